The van der Waals surface area contributed by atoms with Crippen molar-refractivity contribution < 1.29 is 0 Å². The van der Waals surface area contributed by atoms with E-state index in [1.165, 1.54) is 6.33 Å². The number of aromatic nitrogens is 2. The molecule has 0 atom stereocenters. The fraction of sp³-hybridized carbons (Fsp3) is 0.375. The zero-order chi connectivity index (χ0) is 9.52. The van der Waals surface area contributed by atoms with Gasteiger partial charge in [0.1, 0.15) is 6.33 Å². The number of hydrogen-bond donors (Lipinski definition) is 2. The average molecular weight is 196 g/mol. The van der Waals surface area contributed by atoms with Crippen molar-refractivity contribution >= 4 is 23.0 Å². The van der Waals surface area contributed by atoms with Crippen LogP contribution in [0.25, 0.3) is 0 Å². The molecule has 0 aliphatic rings. The molecule has 4 nitrogen and oxygen atoms in total. The second-order valence-electron chi connectivity index (χ2n) is 2.51. The van der Waals surface area contributed by atoms with Gasteiger partial charge in [-0.2, -0.15) is 0 Å². The Labute approximate surface area is 82.8 Å². The van der Waals surface area contributed by atoms with E-state index in [9.17, 15) is 0 Å². The number of rotatable bonds is 3. The van der Waals surface area contributed by atoms with Gasteiger partial charge in [0.05, 0.1) is 18.1 Å². The summed E-state index contributed by atoms with van der Waals surface area (Å²) in [7, 11) is 0. The lowest BCUT2D eigenvalue weighted by molar-refractivity contribution is 0.846. The van der Waals surface area contributed by atoms with Gasteiger partial charge in [-0.05, 0) is 18.6 Å². The molecule has 0 aromatic carbocycles. The number of nitrogens with zero attached hydrogens (tertiary/aromatic N) is 2. The van der Waals surface area contributed by atoms with Crippen molar-refractivity contribution in [1.29, 1.82) is 0 Å². The Morgan fingerprint density at radius 2 is 2.15 bits per heavy atom. The minimum Gasteiger partial charge on any atom is -0.362 e. The number of anilines is 1. The third-order valence-electron chi connectivity index (χ3n) is 1.35. The second kappa shape index (κ2) is 5.42. The number of hydrogen-bond acceptors (Lipinski definition) is 3. The molecule has 1 rings (SSSR count). The molecule has 0 fully saturated rings. The summed E-state index contributed by atoms with van der Waals surface area (Å²) in [6.07, 6.45) is 5.88. The molecule has 0 aliphatic heterocycles. The van der Waals surface area contributed by atoms with Gasteiger partial charge in [0, 0.05) is 6.54 Å². The first-order valence-electron chi connectivity index (χ1n) is 4.12. The van der Waals surface area contributed by atoms with E-state index in [0.717, 1.165) is 18.7 Å². The molecule has 0 aliphatic carbocycles. The molecule has 0 spiro atoms. The highest BCUT2D eigenvalue weighted by Gasteiger charge is 1.94. The van der Waals surface area contributed by atoms with Crippen molar-refractivity contribution in [2.24, 2.45) is 0 Å². The maximum atomic E-state index is 5.02. The normalized spacial score (nSPS) is 9.31. The molecule has 13 heavy (non-hydrogen) atoms. The maximum absolute atomic E-state index is 5.02. The Bertz CT molecular complexity index is 262. The summed E-state index contributed by atoms with van der Waals surface area (Å²) in [4.78, 5) is 7.71. The summed E-state index contributed by atoms with van der Waals surface area (Å²) >= 11 is 5.02. The summed E-state index contributed by atoms with van der Waals surface area (Å²) in [5, 5.41) is 6.63. The van der Waals surface area contributed by atoms with Crippen molar-refractivity contribution in [2.75, 3.05) is 11.9 Å². The van der Waals surface area contributed by atoms with Crippen LogP contribution in [0.4, 0.5) is 5.69 Å². The van der Waals surface area contributed by atoms with Gasteiger partial charge in [0.25, 0.3) is 0 Å². The minimum atomic E-state index is 0.608. The monoisotopic (exact) mass is 196 g/mol. The van der Waals surface area contributed by atoms with Crippen molar-refractivity contribution in [1.82, 2.24) is 15.3 Å². The number of nitrogens with one attached hydrogen (secondary N) is 2. The first-order valence-corrected chi connectivity index (χ1v) is 4.53. The lowest BCUT2D eigenvalue weighted by atomic mass is 10.5. The standard InChI is InChI=1S/C8H12N4S/c1-2-3-11-8(13)12-7-4-9-6-10-5-7/h4-6H,2-3H2,1H3,(H2,11,12,13). The molecule has 70 valence electrons. The largest absolute Gasteiger partial charge is 0.362 e. The van der Waals surface area contributed by atoms with Crippen LogP contribution in [-0.4, -0.2) is 21.6 Å². The van der Waals surface area contributed by atoms with Crippen molar-refractivity contribution in [3.8, 4) is 0 Å². The van der Waals surface area contributed by atoms with Gasteiger partial charge in [-0.25, -0.2) is 9.97 Å². The van der Waals surface area contributed by atoms with Crippen LogP contribution in [-0.2, 0) is 0 Å². The van der Waals surface area contributed by atoms with E-state index >= 15 is 0 Å². The van der Waals surface area contributed by atoms with Gasteiger partial charge in [-0.1, -0.05) is 6.92 Å². The van der Waals surface area contributed by atoms with Gasteiger partial charge in [-0.15, -0.1) is 0 Å². The predicted octanol–water partition coefficient (Wildman–Crippen LogP) is 1.17. The zero-order valence-corrected chi connectivity index (χ0v) is 8.27. The fourth-order valence-electron chi connectivity index (χ4n) is 0.777. The Morgan fingerprint density at radius 1 is 1.46 bits per heavy atom. The molecule has 0 saturated carbocycles. The van der Waals surface area contributed by atoms with E-state index in [4.69, 9.17) is 12.2 Å². The second-order valence-corrected chi connectivity index (χ2v) is 2.92. The average Bonchev–Trinajstić information content (AvgIpc) is 2.16. The predicted molar refractivity (Wildman–Crippen MR) is 56.5 cm³/mol. The smallest absolute Gasteiger partial charge is 0.170 e. The zero-order valence-electron chi connectivity index (χ0n) is 7.45. The molecule has 0 unspecified atom stereocenters. The van der Waals surface area contributed by atoms with E-state index in [1.54, 1.807) is 12.4 Å². The van der Waals surface area contributed by atoms with Crippen LogP contribution in [0.3, 0.4) is 0 Å². The molecular weight excluding hydrogens is 184 g/mol. The summed E-state index contributed by atoms with van der Waals surface area (Å²) in [5.74, 6) is 0. The molecule has 0 radical (unpaired) electrons. The molecule has 1 heterocycles. The van der Waals surface area contributed by atoms with Gasteiger partial charge in [-0.3, -0.25) is 0 Å². The Balaban J connectivity index is 2.37. The van der Waals surface area contributed by atoms with Gasteiger partial charge >= 0.3 is 0 Å². The van der Waals surface area contributed by atoms with Crippen molar-refractivity contribution in [3.63, 3.8) is 0 Å². The first kappa shape index (κ1) is 9.85. The summed E-state index contributed by atoms with van der Waals surface area (Å²) in [5.41, 5.74) is 0.802. The maximum Gasteiger partial charge on any atom is 0.170 e. The van der Waals surface area contributed by atoms with E-state index < -0.39 is 0 Å². The van der Waals surface area contributed by atoms with Gasteiger partial charge in [0.2, 0.25) is 0 Å². The quantitative estimate of drug-likeness (QED) is 0.711. The molecule has 2 N–H and O–H groups in total. The summed E-state index contributed by atoms with van der Waals surface area (Å²) in [6.45, 7) is 2.96. The summed E-state index contributed by atoms with van der Waals surface area (Å²) in [6, 6.07) is 0. The van der Waals surface area contributed by atoms with E-state index in [1.807, 2.05) is 0 Å². The van der Waals surface area contributed by atoms with Crippen molar-refractivity contribution in [2.45, 2.75) is 13.3 Å². The summed E-state index contributed by atoms with van der Waals surface area (Å²) < 4.78 is 0. The molecule has 0 amide bonds. The van der Waals surface area contributed by atoms with Crippen LogP contribution >= 0.6 is 12.2 Å². The number of thiocarbonyl (C=S) groups is 1. The molecule has 0 saturated heterocycles. The molecule has 0 bridgehead atoms. The molecular formula is C8H12N4S. The van der Waals surface area contributed by atoms with Crippen LogP contribution in [0.5, 0.6) is 0 Å². The highest BCUT2D eigenvalue weighted by Crippen LogP contribution is 1.99. The topological polar surface area (TPSA) is 49.8 Å². The Hall–Kier alpha value is -1.23. The third-order valence-corrected chi connectivity index (χ3v) is 1.60. The Kier molecular flexibility index (Phi) is 4.11. The SMILES string of the molecule is CCCNC(=S)Nc1cncnc1. The lowest BCUT2D eigenvalue weighted by Crippen LogP contribution is -2.28. The van der Waals surface area contributed by atoms with E-state index in [2.05, 4.69) is 27.5 Å². The fourth-order valence-corrected chi connectivity index (χ4v) is 0.997. The van der Waals surface area contributed by atoms with Crippen molar-refractivity contribution in [3.05, 3.63) is 18.7 Å². The minimum absolute atomic E-state index is 0.608. The highest BCUT2D eigenvalue weighted by atomic mass is 32.1. The van der Waals surface area contributed by atoms with E-state index in [-0.39, 0.29) is 0 Å². The Morgan fingerprint density at radius 3 is 2.77 bits per heavy atom. The van der Waals surface area contributed by atoms with Crippen LogP contribution in [0.15, 0.2) is 18.7 Å². The van der Waals surface area contributed by atoms with Crippen LogP contribution in [0, 0.1) is 0 Å². The van der Waals surface area contributed by atoms with Crippen LogP contribution in [0.2, 0.25) is 0 Å². The van der Waals surface area contributed by atoms with E-state index in [0.29, 0.717) is 5.11 Å². The molecule has 1 aromatic rings. The highest BCUT2D eigenvalue weighted by molar-refractivity contribution is 7.80. The van der Waals surface area contributed by atoms with Gasteiger partial charge in [0.15, 0.2) is 5.11 Å². The van der Waals surface area contributed by atoms with Gasteiger partial charge < -0.3 is 10.6 Å². The van der Waals surface area contributed by atoms with Crippen LogP contribution in [0.1, 0.15) is 13.3 Å². The third kappa shape index (κ3) is 3.80. The van der Waals surface area contributed by atoms with Crippen LogP contribution < -0.4 is 10.6 Å². The molecule has 1 aromatic heterocycles. The first-order chi connectivity index (χ1) is 6.33. The molecule has 5 heteroatoms. The lowest BCUT2D eigenvalue weighted by Gasteiger charge is -2.07.